The molecule has 0 aliphatic carbocycles. The number of Topliss-reactive ketones (excluding diaryl/α,β-unsaturated/α-hetero) is 1. The first kappa shape index (κ1) is 12.0. The van der Waals surface area contributed by atoms with Crippen LogP contribution in [0.2, 0.25) is 0 Å². The molecule has 17 heavy (non-hydrogen) atoms. The predicted molar refractivity (Wildman–Crippen MR) is 68.7 cm³/mol. The number of hydrogen-bond acceptors (Lipinski definition) is 3. The van der Waals surface area contributed by atoms with Crippen LogP contribution in [0.3, 0.4) is 0 Å². The van der Waals surface area contributed by atoms with Gasteiger partial charge in [0, 0.05) is 24.7 Å². The monoisotopic (exact) mass is 233 g/mol. The second kappa shape index (κ2) is 5.21. The highest BCUT2D eigenvalue weighted by Gasteiger charge is 2.29. The van der Waals surface area contributed by atoms with Crippen molar-refractivity contribution in [3.8, 4) is 5.75 Å². The van der Waals surface area contributed by atoms with Crippen LogP contribution in [0.5, 0.6) is 5.75 Å². The maximum absolute atomic E-state index is 11.9. The van der Waals surface area contributed by atoms with E-state index in [4.69, 9.17) is 4.74 Å². The van der Waals surface area contributed by atoms with Gasteiger partial charge in [-0.1, -0.05) is 13.0 Å². The van der Waals surface area contributed by atoms with Gasteiger partial charge in [-0.15, -0.1) is 0 Å². The smallest absolute Gasteiger partial charge is 0.154 e. The van der Waals surface area contributed by atoms with Gasteiger partial charge in [-0.3, -0.25) is 4.79 Å². The second-order valence-corrected chi connectivity index (χ2v) is 4.37. The molecule has 1 aromatic carbocycles. The molecule has 0 radical (unpaired) electrons. The number of nitrogens with zero attached hydrogens (tertiary/aromatic N) is 1. The van der Waals surface area contributed by atoms with E-state index < -0.39 is 0 Å². The number of anilines is 1. The van der Waals surface area contributed by atoms with Crippen molar-refractivity contribution in [3.63, 3.8) is 0 Å². The summed E-state index contributed by atoms with van der Waals surface area (Å²) < 4.78 is 5.22. The summed E-state index contributed by atoms with van der Waals surface area (Å²) in [5, 5.41) is 0. The van der Waals surface area contributed by atoms with Crippen LogP contribution in [0.25, 0.3) is 0 Å². The van der Waals surface area contributed by atoms with Crippen molar-refractivity contribution in [1.29, 1.82) is 0 Å². The van der Waals surface area contributed by atoms with E-state index in [0.717, 1.165) is 30.8 Å². The minimum atomic E-state index is 0.0621. The highest BCUT2D eigenvalue weighted by Crippen LogP contribution is 2.29. The fraction of sp³-hybridized carbons (Fsp3) is 0.500. The summed E-state index contributed by atoms with van der Waals surface area (Å²) in [6.45, 7) is 2.90. The Bertz CT molecular complexity index is 403. The highest BCUT2D eigenvalue weighted by atomic mass is 16.5. The van der Waals surface area contributed by atoms with Crippen LogP contribution in [-0.4, -0.2) is 25.5 Å². The SMILES string of the molecule is CCC(=O)C1CCCN1c1cccc(OC)c1. The average molecular weight is 233 g/mol. The second-order valence-electron chi connectivity index (χ2n) is 4.37. The molecule has 1 unspecified atom stereocenters. The maximum atomic E-state index is 11.9. The fourth-order valence-electron chi connectivity index (χ4n) is 2.44. The molecule has 0 N–H and O–H groups in total. The lowest BCUT2D eigenvalue weighted by Gasteiger charge is -2.25. The quantitative estimate of drug-likeness (QED) is 0.800. The number of ketones is 1. The van der Waals surface area contributed by atoms with E-state index in [2.05, 4.69) is 4.90 Å². The van der Waals surface area contributed by atoms with Crippen molar-refractivity contribution < 1.29 is 9.53 Å². The van der Waals surface area contributed by atoms with Crippen LogP contribution in [0.1, 0.15) is 26.2 Å². The van der Waals surface area contributed by atoms with Crippen molar-refractivity contribution in [2.75, 3.05) is 18.6 Å². The molecule has 1 aromatic rings. The fourth-order valence-corrected chi connectivity index (χ4v) is 2.44. The third kappa shape index (κ3) is 2.43. The summed E-state index contributed by atoms with van der Waals surface area (Å²) in [5.74, 6) is 1.18. The Morgan fingerprint density at radius 2 is 2.35 bits per heavy atom. The zero-order valence-corrected chi connectivity index (χ0v) is 10.5. The van der Waals surface area contributed by atoms with Gasteiger partial charge in [-0.2, -0.15) is 0 Å². The summed E-state index contributed by atoms with van der Waals surface area (Å²) in [4.78, 5) is 14.1. The van der Waals surface area contributed by atoms with Gasteiger partial charge in [0.15, 0.2) is 5.78 Å². The van der Waals surface area contributed by atoms with Crippen molar-refractivity contribution >= 4 is 11.5 Å². The van der Waals surface area contributed by atoms with Crippen molar-refractivity contribution in [2.45, 2.75) is 32.2 Å². The minimum Gasteiger partial charge on any atom is -0.497 e. The topological polar surface area (TPSA) is 29.5 Å². The maximum Gasteiger partial charge on any atom is 0.154 e. The number of hydrogen-bond donors (Lipinski definition) is 0. The third-order valence-corrected chi connectivity index (χ3v) is 3.36. The van der Waals surface area contributed by atoms with Crippen molar-refractivity contribution in [1.82, 2.24) is 0 Å². The van der Waals surface area contributed by atoms with E-state index in [0.29, 0.717) is 12.2 Å². The third-order valence-electron chi connectivity index (χ3n) is 3.36. The first-order valence-electron chi connectivity index (χ1n) is 6.19. The van der Waals surface area contributed by atoms with Gasteiger partial charge in [0.2, 0.25) is 0 Å². The molecule has 92 valence electrons. The van der Waals surface area contributed by atoms with Gasteiger partial charge in [-0.25, -0.2) is 0 Å². The molecular weight excluding hydrogens is 214 g/mol. The Morgan fingerprint density at radius 3 is 3.06 bits per heavy atom. The molecule has 3 heteroatoms. The molecule has 3 nitrogen and oxygen atoms in total. The molecule has 0 saturated carbocycles. The Morgan fingerprint density at radius 1 is 1.53 bits per heavy atom. The molecule has 1 saturated heterocycles. The van der Waals surface area contributed by atoms with Crippen molar-refractivity contribution in [2.24, 2.45) is 0 Å². The standard InChI is InChI=1S/C14H19NO2/c1-3-14(16)13-8-5-9-15(13)11-6-4-7-12(10-11)17-2/h4,6-7,10,13H,3,5,8-9H2,1-2H3. The first-order chi connectivity index (χ1) is 8.26. The molecule has 1 aliphatic heterocycles. The molecule has 0 aromatic heterocycles. The Labute approximate surface area is 102 Å². The molecule has 1 fully saturated rings. The zero-order valence-electron chi connectivity index (χ0n) is 10.5. The van der Waals surface area contributed by atoms with E-state index in [9.17, 15) is 4.79 Å². The Hall–Kier alpha value is -1.51. The van der Waals surface area contributed by atoms with Gasteiger partial charge >= 0.3 is 0 Å². The lowest BCUT2D eigenvalue weighted by Crippen LogP contribution is -2.35. The Kier molecular flexibility index (Phi) is 3.67. The molecular formula is C14H19NO2. The first-order valence-corrected chi connectivity index (χ1v) is 6.19. The summed E-state index contributed by atoms with van der Waals surface area (Å²) in [6.07, 6.45) is 2.68. The molecule has 1 atom stereocenters. The number of carbonyl (C=O) groups excluding carboxylic acids is 1. The number of ether oxygens (including phenoxy) is 1. The number of carbonyl (C=O) groups is 1. The summed E-state index contributed by atoms with van der Waals surface area (Å²) >= 11 is 0. The largest absolute Gasteiger partial charge is 0.497 e. The molecule has 0 spiro atoms. The summed E-state index contributed by atoms with van der Waals surface area (Å²) in [6, 6.07) is 8.01. The summed E-state index contributed by atoms with van der Waals surface area (Å²) in [7, 11) is 1.66. The highest BCUT2D eigenvalue weighted by molar-refractivity contribution is 5.87. The van der Waals surface area contributed by atoms with Gasteiger partial charge in [0.1, 0.15) is 5.75 Å². The molecule has 1 heterocycles. The van der Waals surface area contributed by atoms with E-state index in [1.807, 2.05) is 31.2 Å². The van der Waals surface area contributed by atoms with E-state index >= 15 is 0 Å². The lowest BCUT2D eigenvalue weighted by molar-refractivity contribution is -0.119. The zero-order chi connectivity index (χ0) is 12.3. The molecule has 2 rings (SSSR count). The lowest BCUT2D eigenvalue weighted by atomic mass is 10.1. The Balaban J connectivity index is 2.22. The number of methoxy groups -OCH3 is 1. The number of benzene rings is 1. The van der Waals surface area contributed by atoms with E-state index in [1.54, 1.807) is 7.11 Å². The van der Waals surface area contributed by atoms with Crippen LogP contribution in [0, 0.1) is 0 Å². The summed E-state index contributed by atoms with van der Waals surface area (Å²) in [5.41, 5.74) is 1.09. The normalized spacial score (nSPS) is 19.4. The van der Waals surface area contributed by atoms with Crippen LogP contribution in [0.15, 0.2) is 24.3 Å². The van der Waals surface area contributed by atoms with Crippen LogP contribution in [-0.2, 0) is 4.79 Å². The van der Waals surface area contributed by atoms with Crippen molar-refractivity contribution in [3.05, 3.63) is 24.3 Å². The van der Waals surface area contributed by atoms with Gasteiger partial charge in [0.25, 0.3) is 0 Å². The number of rotatable bonds is 4. The van der Waals surface area contributed by atoms with Crippen LogP contribution >= 0.6 is 0 Å². The molecule has 0 bridgehead atoms. The molecule has 1 aliphatic rings. The van der Waals surface area contributed by atoms with Gasteiger partial charge < -0.3 is 9.64 Å². The van der Waals surface area contributed by atoms with Crippen LogP contribution in [0.4, 0.5) is 5.69 Å². The van der Waals surface area contributed by atoms with E-state index in [1.165, 1.54) is 0 Å². The predicted octanol–water partition coefficient (Wildman–Crippen LogP) is 2.64. The van der Waals surface area contributed by atoms with Crippen LogP contribution < -0.4 is 9.64 Å². The minimum absolute atomic E-state index is 0.0621. The average Bonchev–Trinajstić information content (AvgIpc) is 2.87. The van der Waals surface area contributed by atoms with E-state index in [-0.39, 0.29) is 6.04 Å². The van der Waals surface area contributed by atoms with Gasteiger partial charge in [0.05, 0.1) is 13.2 Å². The van der Waals surface area contributed by atoms with Gasteiger partial charge in [-0.05, 0) is 25.0 Å². The molecule has 0 amide bonds.